The highest BCUT2D eigenvalue weighted by Crippen LogP contribution is 2.29. The Morgan fingerprint density at radius 1 is 1.19 bits per heavy atom. The Morgan fingerprint density at radius 3 is 2.33 bits per heavy atom. The molecule has 21 heavy (non-hydrogen) atoms. The molecule has 9 heteroatoms. The van der Waals surface area contributed by atoms with Gasteiger partial charge in [-0.1, -0.05) is 11.6 Å². The molecule has 0 saturated heterocycles. The minimum absolute atomic E-state index is 0.00894. The number of ether oxygens (including phenoxy) is 2. The van der Waals surface area contributed by atoms with Gasteiger partial charge < -0.3 is 14.6 Å². The van der Waals surface area contributed by atoms with Crippen molar-refractivity contribution in [1.29, 1.82) is 0 Å². The average molecular weight is 328 g/mol. The molecule has 0 unspecified atom stereocenters. The number of halogens is 1. The van der Waals surface area contributed by atoms with Crippen LogP contribution in [0, 0.1) is 0 Å². The summed E-state index contributed by atoms with van der Waals surface area (Å²) in [5.41, 5.74) is 0.00894. The summed E-state index contributed by atoms with van der Waals surface area (Å²) in [6.45, 7) is 0. The third kappa shape index (κ3) is 3.73. The normalized spacial score (nSPS) is 10.2. The smallest absolute Gasteiger partial charge is 0.337 e. The number of methoxy groups -OCH3 is 2. The van der Waals surface area contributed by atoms with Crippen LogP contribution in [0.25, 0.3) is 0 Å². The van der Waals surface area contributed by atoms with Crippen molar-refractivity contribution in [1.82, 2.24) is 15.0 Å². The Bertz CT molecular complexity index is 661. The number of benzene rings is 1. The first-order chi connectivity index (χ1) is 10.0. The summed E-state index contributed by atoms with van der Waals surface area (Å²) in [5, 5.41) is 9.53. The Hall–Kier alpha value is -2.06. The van der Waals surface area contributed by atoms with Gasteiger partial charge in [-0.2, -0.15) is 9.97 Å². The predicted octanol–water partition coefficient (Wildman–Crippen LogP) is 2.39. The van der Waals surface area contributed by atoms with Gasteiger partial charge in [0.05, 0.1) is 24.8 Å². The molecule has 0 fully saturated rings. The lowest BCUT2D eigenvalue weighted by Crippen LogP contribution is -2.00. The molecule has 0 aliphatic rings. The van der Waals surface area contributed by atoms with Gasteiger partial charge in [0.25, 0.3) is 0 Å². The van der Waals surface area contributed by atoms with E-state index < -0.39 is 5.97 Å². The van der Waals surface area contributed by atoms with Crippen LogP contribution in [-0.2, 0) is 0 Å². The van der Waals surface area contributed by atoms with E-state index in [1.54, 1.807) is 6.07 Å². The molecule has 1 N–H and O–H groups in total. The topological polar surface area (TPSA) is 94.4 Å². The lowest BCUT2D eigenvalue weighted by atomic mass is 10.2. The van der Waals surface area contributed by atoms with E-state index in [0.717, 1.165) is 11.8 Å². The van der Waals surface area contributed by atoms with Gasteiger partial charge in [0.15, 0.2) is 0 Å². The average Bonchev–Trinajstić information content (AvgIpc) is 2.48. The maximum atomic E-state index is 11.1. The van der Waals surface area contributed by atoms with E-state index in [4.69, 9.17) is 26.2 Å². The van der Waals surface area contributed by atoms with Gasteiger partial charge in [-0.3, -0.25) is 0 Å². The first-order valence-corrected chi connectivity index (χ1v) is 6.77. The number of aromatic nitrogens is 3. The summed E-state index contributed by atoms with van der Waals surface area (Å²) < 4.78 is 9.89. The standard InChI is InChI=1S/C12H10ClN3O4S/c1-19-10-14-11(20-2)16-12(15-10)21-6-3-4-8(13)7(5-6)9(17)18/h3-5H,1-2H3,(H,17,18). The summed E-state index contributed by atoms with van der Waals surface area (Å²) in [6, 6.07) is 4.83. The fourth-order valence-electron chi connectivity index (χ4n) is 1.39. The minimum atomic E-state index is -1.10. The second-order valence-electron chi connectivity index (χ2n) is 3.64. The van der Waals surface area contributed by atoms with Crippen LogP contribution >= 0.6 is 23.4 Å². The summed E-state index contributed by atoms with van der Waals surface area (Å²) in [4.78, 5) is 23.6. The Balaban J connectivity index is 2.33. The molecule has 7 nitrogen and oxygen atoms in total. The van der Waals surface area contributed by atoms with Gasteiger partial charge in [0, 0.05) is 4.90 Å². The molecule has 110 valence electrons. The van der Waals surface area contributed by atoms with Crippen LogP contribution in [0.1, 0.15) is 10.4 Å². The first-order valence-electron chi connectivity index (χ1n) is 5.58. The first kappa shape index (κ1) is 15.3. The second kappa shape index (κ2) is 6.59. The quantitative estimate of drug-likeness (QED) is 0.894. The highest BCUT2D eigenvalue weighted by molar-refractivity contribution is 7.99. The van der Waals surface area contributed by atoms with E-state index in [0.29, 0.717) is 10.1 Å². The Labute approximate surface area is 129 Å². The van der Waals surface area contributed by atoms with Crippen LogP contribution in [-0.4, -0.2) is 40.2 Å². The Morgan fingerprint density at radius 2 is 1.81 bits per heavy atom. The molecule has 1 heterocycles. The van der Waals surface area contributed by atoms with Crippen molar-refractivity contribution in [2.75, 3.05) is 14.2 Å². The molecular weight excluding hydrogens is 318 g/mol. The molecular formula is C12H10ClN3O4S. The molecule has 0 spiro atoms. The lowest BCUT2D eigenvalue weighted by Gasteiger charge is -2.06. The molecule has 0 bridgehead atoms. The molecule has 2 rings (SSSR count). The van der Waals surface area contributed by atoms with Crippen LogP contribution in [0.2, 0.25) is 5.02 Å². The van der Waals surface area contributed by atoms with Crippen molar-refractivity contribution in [3.63, 3.8) is 0 Å². The molecule has 0 saturated carbocycles. The largest absolute Gasteiger partial charge is 0.478 e. The fourth-order valence-corrected chi connectivity index (χ4v) is 2.36. The molecule has 0 amide bonds. The summed E-state index contributed by atoms with van der Waals surface area (Å²) in [7, 11) is 2.85. The van der Waals surface area contributed by atoms with Gasteiger partial charge in [-0.25, -0.2) is 4.79 Å². The lowest BCUT2D eigenvalue weighted by molar-refractivity contribution is 0.0697. The van der Waals surface area contributed by atoms with Gasteiger partial charge in [0.1, 0.15) is 0 Å². The third-order valence-corrected chi connectivity index (χ3v) is 3.50. The maximum Gasteiger partial charge on any atom is 0.337 e. The molecule has 2 aromatic rings. The summed E-state index contributed by atoms with van der Waals surface area (Å²) in [5.74, 6) is -1.10. The predicted molar refractivity (Wildman–Crippen MR) is 75.5 cm³/mol. The highest BCUT2D eigenvalue weighted by atomic mass is 35.5. The SMILES string of the molecule is COc1nc(OC)nc(Sc2ccc(Cl)c(C(=O)O)c2)n1. The van der Waals surface area contributed by atoms with Crippen molar-refractivity contribution < 1.29 is 19.4 Å². The van der Waals surface area contributed by atoms with Crippen LogP contribution < -0.4 is 9.47 Å². The van der Waals surface area contributed by atoms with Crippen molar-refractivity contribution in [3.05, 3.63) is 28.8 Å². The third-order valence-electron chi connectivity index (χ3n) is 2.32. The van der Waals surface area contributed by atoms with Gasteiger partial charge in [-0.05, 0) is 30.0 Å². The van der Waals surface area contributed by atoms with Crippen LogP contribution in [0.5, 0.6) is 12.0 Å². The van der Waals surface area contributed by atoms with Gasteiger partial charge in [-0.15, -0.1) is 4.98 Å². The highest BCUT2D eigenvalue weighted by Gasteiger charge is 2.13. The zero-order chi connectivity index (χ0) is 15.4. The van der Waals surface area contributed by atoms with Crippen molar-refractivity contribution in [3.8, 4) is 12.0 Å². The van der Waals surface area contributed by atoms with E-state index in [1.165, 1.54) is 26.4 Å². The monoisotopic (exact) mass is 327 g/mol. The van der Waals surface area contributed by atoms with Crippen LogP contribution in [0.15, 0.2) is 28.3 Å². The van der Waals surface area contributed by atoms with E-state index in [1.807, 2.05) is 0 Å². The van der Waals surface area contributed by atoms with Crippen molar-refractivity contribution >= 4 is 29.3 Å². The minimum Gasteiger partial charge on any atom is -0.478 e. The zero-order valence-electron chi connectivity index (χ0n) is 11.0. The maximum absolute atomic E-state index is 11.1. The second-order valence-corrected chi connectivity index (χ2v) is 5.09. The summed E-state index contributed by atoms with van der Waals surface area (Å²) >= 11 is 6.96. The van der Waals surface area contributed by atoms with Gasteiger partial charge >= 0.3 is 18.0 Å². The zero-order valence-corrected chi connectivity index (χ0v) is 12.6. The van der Waals surface area contributed by atoms with Crippen molar-refractivity contribution in [2.24, 2.45) is 0 Å². The number of carboxylic acid groups (broad SMARTS) is 1. The molecule has 0 radical (unpaired) electrons. The number of hydrogen-bond acceptors (Lipinski definition) is 7. The molecule has 0 aliphatic heterocycles. The number of hydrogen-bond donors (Lipinski definition) is 1. The van der Waals surface area contributed by atoms with E-state index >= 15 is 0 Å². The molecule has 1 aromatic carbocycles. The molecule has 1 aromatic heterocycles. The summed E-state index contributed by atoms with van der Waals surface area (Å²) in [6.07, 6.45) is 0. The number of carboxylic acids is 1. The number of rotatable bonds is 5. The fraction of sp³-hybridized carbons (Fsp3) is 0.167. The number of aromatic carboxylic acids is 1. The number of nitrogens with zero attached hydrogens (tertiary/aromatic N) is 3. The van der Waals surface area contributed by atoms with Crippen molar-refractivity contribution in [2.45, 2.75) is 10.1 Å². The van der Waals surface area contributed by atoms with E-state index in [-0.39, 0.29) is 22.6 Å². The van der Waals surface area contributed by atoms with Crippen LogP contribution in [0.4, 0.5) is 0 Å². The van der Waals surface area contributed by atoms with E-state index in [2.05, 4.69) is 15.0 Å². The Kier molecular flexibility index (Phi) is 4.81. The van der Waals surface area contributed by atoms with Gasteiger partial charge in [0.2, 0.25) is 5.16 Å². The molecule has 0 atom stereocenters. The van der Waals surface area contributed by atoms with E-state index in [9.17, 15) is 4.79 Å². The van der Waals surface area contributed by atoms with Crippen LogP contribution in [0.3, 0.4) is 0 Å². The number of carbonyl (C=O) groups is 1. The molecule has 0 aliphatic carbocycles.